The summed E-state index contributed by atoms with van der Waals surface area (Å²) in [5.41, 5.74) is 1.95. The maximum absolute atomic E-state index is 11.4. The molecule has 0 radical (unpaired) electrons. The van der Waals surface area contributed by atoms with Gasteiger partial charge in [-0.15, -0.1) is 0 Å². The lowest BCUT2D eigenvalue weighted by molar-refractivity contribution is 0.103. The monoisotopic (exact) mass is 161 g/mol. The van der Waals surface area contributed by atoms with Crippen molar-refractivity contribution in [2.24, 2.45) is 0 Å². The molecule has 0 saturated heterocycles. The Morgan fingerprint density at radius 2 is 2.25 bits per heavy atom. The fourth-order valence-corrected chi connectivity index (χ4v) is 0.954. The van der Waals surface area contributed by atoms with E-state index in [1.807, 2.05) is 6.92 Å². The molecule has 0 aliphatic rings. The number of hydrogen-bond donors (Lipinski definition) is 0. The predicted molar refractivity (Wildman–Crippen MR) is 48.1 cm³/mol. The zero-order chi connectivity index (χ0) is 9.14. The van der Waals surface area contributed by atoms with Crippen molar-refractivity contribution in [2.75, 3.05) is 0 Å². The number of ketones is 1. The van der Waals surface area contributed by atoms with E-state index < -0.39 is 0 Å². The number of allylic oxidation sites excluding steroid dienone is 1. The smallest absolute Gasteiger partial charge is 0.189 e. The van der Waals surface area contributed by atoms with E-state index in [-0.39, 0.29) is 5.78 Å². The van der Waals surface area contributed by atoms with Crippen LogP contribution in [0.1, 0.15) is 23.0 Å². The number of aryl methyl sites for hydroxylation is 1. The Balaban J connectivity index is 3.11. The maximum atomic E-state index is 11.4. The molecule has 1 heterocycles. The number of hydrogen-bond acceptors (Lipinski definition) is 2. The van der Waals surface area contributed by atoms with Crippen molar-refractivity contribution >= 4 is 5.78 Å². The first kappa shape index (κ1) is 8.65. The lowest BCUT2D eigenvalue weighted by atomic mass is 10.1. The molecule has 1 aromatic rings. The first-order valence-electron chi connectivity index (χ1n) is 3.74. The molecule has 0 bridgehead atoms. The summed E-state index contributed by atoms with van der Waals surface area (Å²) in [5.74, 6) is -0.0272. The molecule has 0 aliphatic carbocycles. The van der Waals surface area contributed by atoms with E-state index in [9.17, 15) is 4.79 Å². The van der Waals surface area contributed by atoms with Gasteiger partial charge in [-0.05, 0) is 31.6 Å². The summed E-state index contributed by atoms with van der Waals surface area (Å²) >= 11 is 0. The Morgan fingerprint density at radius 1 is 1.58 bits per heavy atom. The number of pyridine rings is 1. The van der Waals surface area contributed by atoms with E-state index in [0.717, 1.165) is 5.69 Å². The van der Waals surface area contributed by atoms with Crippen LogP contribution in [0.4, 0.5) is 0 Å². The molecule has 2 nitrogen and oxygen atoms in total. The topological polar surface area (TPSA) is 30.0 Å². The van der Waals surface area contributed by atoms with E-state index in [4.69, 9.17) is 0 Å². The summed E-state index contributed by atoms with van der Waals surface area (Å²) in [4.78, 5) is 15.4. The number of carbonyl (C=O) groups is 1. The molecule has 2 heteroatoms. The molecule has 0 fully saturated rings. The van der Waals surface area contributed by atoms with Crippen molar-refractivity contribution in [2.45, 2.75) is 13.8 Å². The molecule has 0 N–H and O–H groups in total. The summed E-state index contributed by atoms with van der Waals surface area (Å²) in [5, 5.41) is 0. The van der Waals surface area contributed by atoms with Crippen molar-refractivity contribution in [3.63, 3.8) is 0 Å². The molecule has 1 rings (SSSR count). The average Bonchev–Trinajstić information content (AvgIpc) is 2.04. The number of Topliss-reactive ketones (excluding diaryl/α,β-unsaturated/α-hetero) is 1. The van der Waals surface area contributed by atoms with Crippen molar-refractivity contribution < 1.29 is 4.79 Å². The fraction of sp³-hybridized carbons (Fsp3) is 0.200. The van der Waals surface area contributed by atoms with Gasteiger partial charge in [0, 0.05) is 17.5 Å². The molecule has 0 aromatic carbocycles. The number of nitrogens with zero attached hydrogens (tertiary/aromatic N) is 1. The fourth-order valence-electron chi connectivity index (χ4n) is 0.954. The summed E-state index contributed by atoms with van der Waals surface area (Å²) in [6.45, 7) is 7.11. The standard InChI is InChI=1S/C10H11NO/c1-7(2)10(12)9-5-4-6-11-8(9)3/h4-6H,1H2,2-3H3. The van der Waals surface area contributed by atoms with Crippen LogP contribution in [0.25, 0.3) is 0 Å². The highest BCUT2D eigenvalue weighted by Gasteiger charge is 2.08. The lowest BCUT2D eigenvalue weighted by Crippen LogP contribution is -2.03. The second-order valence-corrected chi connectivity index (χ2v) is 2.75. The molecule has 0 spiro atoms. The Bertz CT molecular complexity index is 328. The first-order chi connectivity index (χ1) is 5.63. The highest BCUT2D eigenvalue weighted by Crippen LogP contribution is 2.08. The van der Waals surface area contributed by atoms with Gasteiger partial charge in [-0.2, -0.15) is 0 Å². The molecule has 0 atom stereocenters. The Labute approximate surface area is 71.9 Å². The molecule has 0 saturated carbocycles. The molecular formula is C10H11NO. The highest BCUT2D eigenvalue weighted by atomic mass is 16.1. The van der Waals surface area contributed by atoms with Gasteiger partial charge in [0.15, 0.2) is 5.78 Å². The average molecular weight is 161 g/mol. The lowest BCUT2D eigenvalue weighted by Gasteiger charge is -2.01. The van der Waals surface area contributed by atoms with Gasteiger partial charge in [-0.3, -0.25) is 9.78 Å². The largest absolute Gasteiger partial charge is 0.289 e. The first-order valence-corrected chi connectivity index (χ1v) is 3.74. The second-order valence-electron chi connectivity index (χ2n) is 2.75. The Morgan fingerprint density at radius 3 is 2.75 bits per heavy atom. The van der Waals surface area contributed by atoms with Crippen LogP contribution >= 0.6 is 0 Å². The van der Waals surface area contributed by atoms with Crippen LogP contribution in [0, 0.1) is 6.92 Å². The quantitative estimate of drug-likeness (QED) is 0.491. The maximum Gasteiger partial charge on any atom is 0.189 e. The van der Waals surface area contributed by atoms with E-state index >= 15 is 0 Å². The minimum atomic E-state index is -0.0272. The highest BCUT2D eigenvalue weighted by molar-refractivity contribution is 6.08. The Kier molecular flexibility index (Phi) is 2.38. The minimum absolute atomic E-state index is 0.0272. The number of carbonyl (C=O) groups excluding carboxylic acids is 1. The van der Waals surface area contributed by atoms with Crippen LogP contribution in [0.2, 0.25) is 0 Å². The van der Waals surface area contributed by atoms with Gasteiger partial charge in [0.05, 0.1) is 0 Å². The normalized spacial score (nSPS) is 9.50. The third kappa shape index (κ3) is 1.59. The van der Waals surface area contributed by atoms with Crippen LogP contribution in [-0.4, -0.2) is 10.8 Å². The predicted octanol–water partition coefficient (Wildman–Crippen LogP) is 2.15. The van der Waals surface area contributed by atoms with Crippen LogP contribution in [-0.2, 0) is 0 Å². The zero-order valence-electron chi connectivity index (χ0n) is 7.29. The molecule has 1 aromatic heterocycles. The molecule has 0 amide bonds. The molecule has 12 heavy (non-hydrogen) atoms. The van der Waals surface area contributed by atoms with Gasteiger partial charge in [0.1, 0.15) is 0 Å². The Hall–Kier alpha value is -1.44. The van der Waals surface area contributed by atoms with Gasteiger partial charge in [-0.25, -0.2) is 0 Å². The van der Waals surface area contributed by atoms with Crippen molar-refractivity contribution in [3.05, 3.63) is 41.7 Å². The van der Waals surface area contributed by atoms with Gasteiger partial charge >= 0.3 is 0 Å². The van der Waals surface area contributed by atoms with Crippen LogP contribution < -0.4 is 0 Å². The van der Waals surface area contributed by atoms with Gasteiger partial charge in [0.2, 0.25) is 0 Å². The molecular weight excluding hydrogens is 150 g/mol. The van der Waals surface area contributed by atoms with E-state index in [1.54, 1.807) is 25.3 Å². The SMILES string of the molecule is C=C(C)C(=O)c1cccnc1C. The van der Waals surface area contributed by atoms with Gasteiger partial charge in [0.25, 0.3) is 0 Å². The number of rotatable bonds is 2. The van der Waals surface area contributed by atoms with Crippen LogP contribution in [0.5, 0.6) is 0 Å². The molecule has 62 valence electrons. The summed E-state index contributed by atoms with van der Waals surface area (Å²) in [7, 11) is 0. The van der Waals surface area contributed by atoms with Crippen LogP contribution in [0.15, 0.2) is 30.5 Å². The summed E-state index contributed by atoms with van der Waals surface area (Å²) in [6, 6.07) is 3.52. The van der Waals surface area contributed by atoms with Gasteiger partial charge < -0.3 is 0 Å². The number of aromatic nitrogens is 1. The second kappa shape index (κ2) is 3.30. The third-order valence-corrected chi connectivity index (χ3v) is 1.64. The third-order valence-electron chi connectivity index (χ3n) is 1.64. The summed E-state index contributed by atoms with van der Waals surface area (Å²) in [6.07, 6.45) is 1.67. The van der Waals surface area contributed by atoms with Crippen molar-refractivity contribution in [3.8, 4) is 0 Å². The summed E-state index contributed by atoms with van der Waals surface area (Å²) < 4.78 is 0. The van der Waals surface area contributed by atoms with Gasteiger partial charge in [-0.1, -0.05) is 6.58 Å². The van der Waals surface area contributed by atoms with E-state index in [0.29, 0.717) is 11.1 Å². The van der Waals surface area contributed by atoms with E-state index in [1.165, 1.54) is 0 Å². The van der Waals surface area contributed by atoms with Crippen molar-refractivity contribution in [1.29, 1.82) is 0 Å². The van der Waals surface area contributed by atoms with E-state index in [2.05, 4.69) is 11.6 Å². The minimum Gasteiger partial charge on any atom is -0.289 e. The van der Waals surface area contributed by atoms with Crippen LogP contribution in [0.3, 0.4) is 0 Å². The molecule has 0 unspecified atom stereocenters. The molecule has 0 aliphatic heterocycles. The van der Waals surface area contributed by atoms with Crippen molar-refractivity contribution in [1.82, 2.24) is 4.98 Å². The zero-order valence-corrected chi connectivity index (χ0v) is 7.29.